The van der Waals surface area contributed by atoms with E-state index in [0.717, 1.165) is 29.8 Å². The van der Waals surface area contributed by atoms with Gasteiger partial charge in [0.1, 0.15) is 12.0 Å². The second kappa shape index (κ2) is 21.5. The van der Waals surface area contributed by atoms with Crippen molar-refractivity contribution in [3.8, 4) is 0 Å². The number of ketones is 2. The highest BCUT2D eigenvalue weighted by atomic mass is 33.1. The number of amides is 2. The van der Waals surface area contributed by atoms with Gasteiger partial charge in [0.25, 0.3) is 0 Å². The summed E-state index contributed by atoms with van der Waals surface area (Å²) in [6.07, 6.45) is 2.25. The number of aryl methyl sites for hydroxylation is 2. The van der Waals surface area contributed by atoms with Gasteiger partial charge in [-0.2, -0.15) is 0 Å². The molecule has 0 spiro atoms. The number of aromatic amines is 2. The number of fused-ring (bicyclic) bond motifs is 8. The van der Waals surface area contributed by atoms with Gasteiger partial charge in [-0.25, -0.2) is 4.79 Å². The van der Waals surface area contributed by atoms with Crippen LogP contribution in [0, 0.1) is 19.8 Å². The Balaban J connectivity index is 1.25. The maximum atomic E-state index is 14.4. The van der Waals surface area contributed by atoms with E-state index in [9.17, 15) is 33.9 Å². The van der Waals surface area contributed by atoms with Crippen molar-refractivity contribution >= 4 is 79.0 Å². The van der Waals surface area contributed by atoms with Crippen LogP contribution in [0.2, 0.25) is 0 Å². The first-order valence-electron chi connectivity index (χ1n) is 22.5. The molecule has 8 bridgehead atoms. The van der Waals surface area contributed by atoms with Gasteiger partial charge in [-0.1, -0.05) is 56.2 Å². The van der Waals surface area contributed by atoms with Crippen molar-refractivity contribution in [2.24, 2.45) is 5.92 Å². The fourth-order valence-electron chi connectivity index (χ4n) is 9.14. The predicted molar refractivity (Wildman–Crippen MR) is 254 cm³/mol. The minimum atomic E-state index is -1.25. The molecule has 1 aliphatic carbocycles. The van der Waals surface area contributed by atoms with Crippen LogP contribution < -0.4 is 10.6 Å². The molecule has 2 aliphatic heterocycles. The molecule has 0 radical (unpaired) electrons. The van der Waals surface area contributed by atoms with E-state index in [2.05, 4.69) is 48.3 Å². The molecule has 0 saturated carbocycles. The average Bonchev–Trinajstić information content (AvgIpc) is 4.00. The van der Waals surface area contributed by atoms with E-state index in [4.69, 9.17) is 19.4 Å². The molecule has 3 aliphatic rings. The van der Waals surface area contributed by atoms with Crippen molar-refractivity contribution < 1.29 is 43.3 Å². The van der Waals surface area contributed by atoms with E-state index in [1.807, 2.05) is 39.0 Å². The highest BCUT2D eigenvalue weighted by molar-refractivity contribution is 8.76. The summed E-state index contributed by atoms with van der Waals surface area (Å²) >= 11 is 0. The summed E-state index contributed by atoms with van der Waals surface area (Å²) in [5.74, 6) is -3.48. The Kier molecular flexibility index (Phi) is 16.4. The molecule has 5 heterocycles. The van der Waals surface area contributed by atoms with Crippen molar-refractivity contribution in [3.05, 3.63) is 68.8 Å². The molecule has 17 heteroatoms. The topological polar surface area (TPSA) is 223 Å². The molecule has 0 fully saturated rings. The molecule has 3 aromatic heterocycles. The van der Waals surface area contributed by atoms with Crippen molar-refractivity contribution in [2.75, 3.05) is 38.4 Å². The lowest BCUT2D eigenvalue weighted by Gasteiger charge is -2.19. The van der Waals surface area contributed by atoms with Crippen LogP contribution in [0.5, 0.6) is 0 Å². The van der Waals surface area contributed by atoms with E-state index < -0.39 is 23.9 Å². The number of carbonyl (C=O) groups excluding carboxylic acids is 5. The van der Waals surface area contributed by atoms with Crippen molar-refractivity contribution in [3.63, 3.8) is 0 Å². The van der Waals surface area contributed by atoms with Crippen LogP contribution in [-0.2, 0) is 28.7 Å². The van der Waals surface area contributed by atoms with E-state index in [-0.39, 0.29) is 72.3 Å². The van der Waals surface area contributed by atoms with Crippen LogP contribution >= 0.6 is 21.6 Å². The van der Waals surface area contributed by atoms with Crippen molar-refractivity contribution in [2.45, 2.75) is 123 Å². The maximum Gasteiger partial charge on any atom is 0.327 e. The quantitative estimate of drug-likeness (QED) is 0.0238. The molecular formula is C48H62N6O9S2. The largest absolute Gasteiger partial charge is 0.480 e. The Labute approximate surface area is 387 Å². The number of aliphatic carboxylic acids is 1. The summed E-state index contributed by atoms with van der Waals surface area (Å²) < 4.78 is 10.7. The van der Waals surface area contributed by atoms with Crippen molar-refractivity contribution in [1.82, 2.24) is 30.6 Å². The summed E-state index contributed by atoms with van der Waals surface area (Å²) in [6.45, 7) is 16.8. The fourth-order valence-corrected chi connectivity index (χ4v) is 11.2. The van der Waals surface area contributed by atoms with E-state index in [1.54, 1.807) is 6.92 Å². The summed E-state index contributed by atoms with van der Waals surface area (Å²) in [7, 11) is 3.95. The number of carbonyl (C=O) groups is 6. The number of aromatic nitrogens is 4. The molecule has 3 aromatic rings. The maximum absolute atomic E-state index is 14.4. The molecule has 6 atom stereocenters. The van der Waals surface area contributed by atoms with E-state index >= 15 is 0 Å². The number of rotatable bonds is 20. The third-order valence-electron chi connectivity index (χ3n) is 12.9. The molecule has 15 nitrogen and oxygen atoms in total. The molecule has 65 heavy (non-hydrogen) atoms. The normalized spacial score (nSPS) is 19.4. The summed E-state index contributed by atoms with van der Waals surface area (Å²) in [5, 5.41) is 15.2. The minimum Gasteiger partial charge on any atom is -0.480 e. The summed E-state index contributed by atoms with van der Waals surface area (Å²) in [4.78, 5) is 96.0. The lowest BCUT2D eigenvalue weighted by molar-refractivity contribution is -0.141. The fraction of sp³-hybridized carbons (Fsp3) is 0.542. The van der Waals surface area contributed by atoms with Gasteiger partial charge < -0.3 is 35.2 Å². The van der Waals surface area contributed by atoms with Crippen molar-refractivity contribution in [1.29, 1.82) is 0 Å². The average molecular weight is 931 g/mol. The predicted octanol–water partition coefficient (Wildman–Crippen LogP) is 8.07. The first-order valence-corrected chi connectivity index (χ1v) is 25.0. The van der Waals surface area contributed by atoms with Crippen LogP contribution in [-0.4, -0.2) is 105 Å². The zero-order valence-corrected chi connectivity index (χ0v) is 40.4. The Morgan fingerprint density at radius 2 is 1.55 bits per heavy atom. The number of methoxy groups -OCH3 is 1. The number of carboxylic acid groups (broad SMARTS) is 1. The van der Waals surface area contributed by atoms with Gasteiger partial charge in [-0.05, 0) is 75.3 Å². The summed E-state index contributed by atoms with van der Waals surface area (Å²) in [6, 6.07) is 4.82. The Hall–Kier alpha value is -5.00. The monoisotopic (exact) mass is 930 g/mol. The number of hydrogen-bond donors (Lipinski definition) is 5. The standard InChI is InChI=1S/C48H62N6O9S2/c1-10-29-24(4)31-21-36-40(28(8)55)26(6)33(51-36)19-32-25(5)30(44(53-32)42-43(48(61)62-9)46(58)41-27(7)34(54-45(41)42)20-35(29)50-31)11-12-38(56)49-15-18-64-65-22-37(47(59)60)52-39(57)14-17-63-16-13-23(2)3/h19-21,23-25,29-30,37,43,51,54H,10-18,22H2,1-9H3,(H,49,56)(H,52,57)(H,59,60)/t24-,25+,29-,30+,37+,43?/m1/s1. The zero-order valence-electron chi connectivity index (χ0n) is 38.8. The van der Waals surface area contributed by atoms with Crippen LogP contribution in [0.15, 0.2) is 18.2 Å². The SMILES string of the molecule is CC[C@H]1c2cc3[nH]c4c(c3C)C(=O)C(C(=O)OC)c4c3nc(cc4[nH]c(cc(n2)[C@@H]1C)c(C(C)=O)c4C)[C@@H](C)[C@@H]3CCC(=O)NCCSSC[C@H](NC(=O)CCOCCC(C)C)C(=O)O. The van der Waals surface area contributed by atoms with Gasteiger partial charge >= 0.3 is 11.9 Å². The molecule has 2 amide bonds. The number of nitrogens with one attached hydrogen (secondary N) is 4. The molecule has 6 rings (SSSR count). The highest BCUT2D eigenvalue weighted by Gasteiger charge is 2.45. The number of hydrogen-bond acceptors (Lipinski definition) is 12. The molecule has 0 saturated heterocycles. The Morgan fingerprint density at radius 1 is 0.877 bits per heavy atom. The van der Waals surface area contributed by atoms with Gasteiger partial charge in [0.15, 0.2) is 11.6 Å². The Bertz CT molecular complexity index is 2510. The van der Waals surface area contributed by atoms with Gasteiger partial charge in [-0.15, -0.1) is 0 Å². The Morgan fingerprint density at radius 3 is 2.23 bits per heavy atom. The second-order valence-electron chi connectivity index (χ2n) is 17.7. The second-order valence-corrected chi connectivity index (χ2v) is 20.3. The number of ether oxygens (including phenoxy) is 2. The first kappa shape index (κ1) is 49.4. The summed E-state index contributed by atoms with van der Waals surface area (Å²) in [5.41, 5.74) is 8.37. The molecule has 1 unspecified atom stereocenters. The number of Topliss-reactive ketones (excluding diaryl/α,β-unsaturated/α-hetero) is 2. The first-order chi connectivity index (χ1) is 31.0. The third-order valence-corrected chi connectivity index (χ3v) is 15.3. The molecular weight excluding hydrogens is 869 g/mol. The van der Waals surface area contributed by atoms with E-state index in [0.29, 0.717) is 87.0 Å². The number of carboxylic acids is 1. The van der Waals surface area contributed by atoms with E-state index in [1.165, 1.54) is 28.7 Å². The smallest absolute Gasteiger partial charge is 0.327 e. The molecule has 5 N–H and O–H groups in total. The minimum absolute atomic E-state index is 0.0615. The number of esters is 1. The van der Waals surface area contributed by atoms with Crippen LogP contribution in [0.1, 0.15) is 163 Å². The van der Waals surface area contributed by atoms with Gasteiger partial charge in [-0.3, -0.25) is 33.9 Å². The number of nitrogens with zero attached hydrogens (tertiary/aromatic N) is 2. The van der Waals surface area contributed by atoms with Crippen LogP contribution in [0.3, 0.4) is 0 Å². The lowest BCUT2D eigenvalue weighted by Crippen LogP contribution is -2.42. The third kappa shape index (κ3) is 10.8. The van der Waals surface area contributed by atoms with Gasteiger partial charge in [0, 0.05) is 106 Å². The highest BCUT2D eigenvalue weighted by Crippen LogP contribution is 2.48. The van der Waals surface area contributed by atoms with Gasteiger partial charge in [0.2, 0.25) is 11.8 Å². The molecule has 0 aromatic carbocycles. The molecule has 350 valence electrons. The lowest BCUT2D eigenvalue weighted by atomic mass is 9.84. The number of H-pyrrole nitrogens is 2. The zero-order chi connectivity index (χ0) is 47.3. The van der Waals surface area contributed by atoms with Gasteiger partial charge in [0.05, 0.1) is 30.4 Å². The van der Waals surface area contributed by atoms with Crippen LogP contribution in [0.25, 0.3) is 22.1 Å². The van der Waals surface area contributed by atoms with Crippen LogP contribution in [0.4, 0.5) is 0 Å².